The van der Waals surface area contributed by atoms with Gasteiger partial charge in [-0.1, -0.05) is 23.2 Å². The number of rotatable bonds is 4. The molecular formula is C17H18Cl2N4O4S. The van der Waals surface area contributed by atoms with E-state index in [0.29, 0.717) is 10.6 Å². The number of nitrogens with zero attached hydrogens (tertiary/aromatic N) is 3. The summed E-state index contributed by atoms with van der Waals surface area (Å²) < 4.78 is 28.3. The minimum absolute atomic E-state index is 0.00643. The van der Waals surface area contributed by atoms with Crippen molar-refractivity contribution in [2.24, 2.45) is 12.8 Å². The van der Waals surface area contributed by atoms with Gasteiger partial charge in [-0.3, -0.25) is 9.59 Å². The van der Waals surface area contributed by atoms with Gasteiger partial charge in [-0.15, -0.1) is 0 Å². The van der Waals surface area contributed by atoms with Crippen LogP contribution in [-0.4, -0.2) is 60.2 Å². The zero-order valence-electron chi connectivity index (χ0n) is 14.9. The lowest BCUT2D eigenvalue weighted by Gasteiger charge is -2.33. The molecule has 0 spiro atoms. The van der Waals surface area contributed by atoms with E-state index in [4.69, 9.17) is 28.9 Å². The van der Waals surface area contributed by atoms with Gasteiger partial charge >= 0.3 is 0 Å². The van der Waals surface area contributed by atoms with Crippen molar-refractivity contribution in [2.75, 3.05) is 26.2 Å². The predicted octanol–water partition coefficient (Wildman–Crippen LogP) is 1.58. The van der Waals surface area contributed by atoms with Crippen LogP contribution in [0.1, 0.15) is 20.8 Å². The molecule has 2 N–H and O–H groups in total. The summed E-state index contributed by atoms with van der Waals surface area (Å²) >= 11 is 11.8. The standard InChI is InChI=1S/C17H18Cl2N4O4S/c1-21-10-12(9-15(21)16(20)24)28(26,27)23-6-4-22(5-7-23)17(25)11-2-3-13(18)14(19)8-11/h2-3,8-10H,4-7H2,1H3,(H2,20,24). The maximum Gasteiger partial charge on any atom is 0.265 e. The number of benzene rings is 1. The summed E-state index contributed by atoms with van der Waals surface area (Å²) in [6, 6.07) is 5.87. The Morgan fingerprint density at radius 3 is 2.21 bits per heavy atom. The molecule has 0 bridgehead atoms. The van der Waals surface area contributed by atoms with E-state index in [1.165, 1.54) is 27.2 Å². The summed E-state index contributed by atoms with van der Waals surface area (Å²) in [5.41, 5.74) is 5.74. The third-order valence-electron chi connectivity index (χ3n) is 4.56. The van der Waals surface area contributed by atoms with Crippen molar-refractivity contribution in [3.63, 3.8) is 0 Å². The number of aromatic nitrogens is 1. The van der Waals surface area contributed by atoms with E-state index in [-0.39, 0.29) is 47.7 Å². The molecule has 2 aromatic rings. The van der Waals surface area contributed by atoms with Crippen LogP contribution in [0.5, 0.6) is 0 Å². The fourth-order valence-corrected chi connectivity index (χ4v) is 4.80. The maximum absolute atomic E-state index is 12.8. The first-order valence-corrected chi connectivity index (χ1v) is 10.5. The van der Waals surface area contributed by atoms with Crippen molar-refractivity contribution in [1.82, 2.24) is 13.8 Å². The monoisotopic (exact) mass is 444 g/mol. The predicted molar refractivity (Wildman–Crippen MR) is 105 cm³/mol. The lowest BCUT2D eigenvalue weighted by atomic mass is 10.2. The van der Waals surface area contributed by atoms with Gasteiger partial charge in [-0.05, 0) is 24.3 Å². The summed E-state index contributed by atoms with van der Waals surface area (Å²) in [4.78, 5) is 25.5. The fourth-order valence-electron chi connectivity index (χ4n) is 3.01. The van der Waals surface area contributed by atoms with Crippen molar-refractivity contribution in [2.45, 2.75) is 4.90 Å². The number of carbonyl (C=O) groups is 2. The highest BCUT2D eigenvalue weighted by Crippen LogP contribution is 2.24. The zero-order valence-corrected chi connectivity index (χ0v) is 17.3. The van der Waals surface area contributed by atoms with Gasteiger partial charge in [0.05, 0.1) is 10.0 Å². The molecule has 1 fully saturated rings. The van der Waals surface area contributed by atoms with Crippen LogP contribution >= 0.6 is 23.2 Å². The Bertz CT molecular complexity index is 1040. The molecule has 3 rings (SSSR count). The molecule has 2 amide bonds. The Kier molecular flexibility index (Phi) is 5.72. The summed E-state index contributed by atoms with van der Waals surface area (Å²) in [7, 11) is -2.25. The second-order valence-electron chi connectivity index (χ2n) is 6.36. The molecule has 1 aromatic heterocycles. The molecule has 1 aliphatic rings. The number of amides is 2. The smallest absolute Gasteiger partial charge is 0.265 e. The van der Waals surface area contributed by atoms with Crippen LogP contribution in [0, 0.1) is 0 Å². The molecule has 1 aromatic carbocycles. The van der Waals surface area contributed by atoms with Crippen LogP contribution in [0.3, 0.4) is 0 Å². The molecule has 11 heteroatoms. The van der Waals surface area contributed by atoms with E-state index in [2.05, 4.69) is 0 Å². The average Bonchev–Trinajstić information content (AvgIpc) is 3.06. The molecule has 28 heavy (non-hydrogen) atoms. The van der Waals surface area contributed by atoms with E-state index in [0.717, 1.165) is 0 Å². The molecule has 150 valence electrons. The zero-order chi connectivity index (χ0) is 20.6. The van der Waals surface area contributed by atoms with Gasteiger partial charge in [0.25, 0.3) is 11.8 Å². The quantitative estimate of drug-likeness (QED) is 0.771. The molecule has 0 aliphatic carbocycles. The summed E-state index contributed by atoms with van der Waals surface area (Å²) in [6.45, 7) is 0.730. The highest BCUT2D eigenvalue weighted by atomic mass is 35.5. The molecule has 2 heterocycles. The third kappa shape index (κ3) is 3.88. The fraction of sp³-hybridized carbons (Fsp3) is 0.294. The molecule has 1 saturated heterocycles. The first-order chi connectivity index (χ1) is 13.1. The Hall–Kier alpha value is -2.07. The topological polar surface area (TPSA) is 106 Å². The maximum atomic E-state index is 12.8. The lowest BCUT2D eigenvalue weighted by Crippen LogP contribution is -2.50. The van der Waals surface area contributed by atoms with Crippen LogP contribution in [0.25, 0.3) is 0 Å². The summed E-state index contributed by atoms with van der Waals surface area (Å²) in [5, 5.41) is 0.635. The number of aryl methyl sites for hydroxylation is 1. The SMILES string of the molecule is Cn1cc(S(=O)(=O)N2CCN(C(=O)c3ccc(Cl)c(Cl)c3)CC2)cc1C(N)=O. The lowest BCUT2D eigenvalue weighted by molar-refractivity contribution is 0.0697. The minimum atomic E-state index is -3.80. The summed E-state index contributed by atoms with van der Waals surface area (Å²) in [6.07, 6.45) is 1.35. The van der Waals surface area contributed by atoms with Crippen LogP contribution in [-0.2, 0) is 17.1 Å². The van der Waals surface area contributed by atoms with E-state index in [9.17, 15) is 18.0 Å². The molecule has 0 unspecified atom stereocenters. The van der Waals surface area contributed by atoms with Crippen LogP contribution < -0.4 is 5.73 Å². The van der Waals surface area contributed by atoms with E-state index < -0.39 is 15.9 Å². The van der Waals surface area contributed by atoms with Gasteiger partial charge < -0.3 is 15.2 Å². The Morgan fingerprint density at radius 1 is 1.04 bits per heavy atom. The number of hydrogen-bond acceptors (Lipinski definition) is 4. The Balaban J connectivity index is 1.72. The normalized spacial score (nSPS) is 15.6. The van der Waals surface area contributed by atoms with Gasteiger partial charge in [0.1, 0.15) is 10.6 Å². The molecular weight excluding hydrogens is 427 g/mol. The van der Waals surface area contributed by atoms with Gasteiger partial charge in [0.2, 0.25) is 10.0 Å². The van der Waals surface area contributed by atoms with Crippen LogP contribution in [0.15, 0.2) is 35.4 Å². The van der Waals surface area contributed by atoms with Crippen molar-refractivity contribution in [1.29, 1.82) is 0 Å². The minimum Gasteiger partial charge on any atom is -0.364 e. The second-order valence-corrected chi connectivity index (χ2v) is 9.11. The van der Waals surface area contributed by atoms with E-state index in [1.807, 2.05) is 0 Å². The van der Waals surface area contributed by atoms with E-state index in [1.54, 1.807) is 24.1 Å². The number of primary amides is 1. The Morgan fingerprint density at radius 2 is 1.68 bits per heavy atom. The van der Waals surface area contributed by atoms with Crippen molar-refractivity contribution in [3.05, 3.63) is 51.8 Å². The van der Waals surface area contributed by atoms with Crippen LogP contribution in [0.4, 0.5) is 0 Å². The van der Waals surface area contributed by atoms with Gasteiger partial charge in [-0.2, -0.15) is 4.31 Å². The molecule has 0 saturated carbocycles. The highest BCUT2D eigenvalue weighted by molar-refractivity contribution is 7.89. The highest BCUT2D eigenvalue weighted by Gasteiger charge is 2.32. The largest absolute Gasteiger partial charge is 0.364 e. The van der Waals surface area contributed by atoms with Crippen molar-refractivity contribution in [3.8, 4) is 0 Å². The molecule has 1 aliphatic heterocycles. The molecule has 8 nitrogen and oxygen atoms in total. The first kappa shape index (κ1) is 20.7. The second kappa shape index (κ2) is 7.75. The Labute approximate surface area is 172 Å². The van der Waals surface area contributed by atoms with E-state index >= 15 is 0 Å². The first-order valence-electron chi connectivity index (χ1n) is 8.32. The average molecular weight is 445 g/mol. The van der Waals surface area contributed by atoms with Gasteiger partial charge in [0, 0.05) is 45.0 Å². The van der Waals surface area contributed by atoms with Crippen molar-refractivity contribution >= 4 is 45.0 Å². The third-order valence-corrected chi connectivity index (χ3v) is 7.17. The van der Waals surface area contributed by atoms with Gasteiger partial charge in [-0.25, -0.2) is 8.42 Å². The number of halogens is 2. The number of sulfonamides is 1. The number of hydrogen-bond donors (Lipinski definition) is 1. The number of nitrogens with two attached hydrogens (primary N) is 1. The number of carbonyl (C=O) groups excluding carboxylic acids is 2. The van der Waals surface area contributed by atoms with Crippen LogP contribution in [0.2, 0.25) is 10.0 Å². The molecule has 0 atom stereocenters. The number of piperazine rings is 1. The van der Waals surface area contributed by atoms with Crippen molar-refractivity contribution < 1.29 is 18.0 Å². The molecule has 0 radical (unpaired) electrons. The van der Waals surface area contributed by atoms with Gasteiger partial charge in [0.15, 0.2) is 0 Å². The summed E-state index contributed by atoms with van der Waals surface area (Å²) in [5.74, 6) is -0.952.